The highest BCUT2D eigenvalue weighted by Crippen LogP contribution is 2.31. The maximum absolute atomic E-state index is 11.4. The number of carboxylic acids is 1. The van der Waals surface area contributed by atoms with Crippen molar-refractivity contribution in [1.82, 2.24) is 10.6 Å². The van der Waals surface area contributed by atoms with Crippen LogP contribution in [-0.2, 0) is 4.79 Å². The van der Waals surface area contributed by atoms with E-state index in [1.807, 2.05) is 6.26 Å². The van der Waals surface area contributed by atoms with Gasteiger partial charge in [0.05, 0.1) is 0 Å². The van der Waals surface area contributed by atoms with Gasteiger partial charge in [0.15, 0.2) is 0 Å². The third-order valence-electron chi connectivity index (χ3n) is 2.75. The van der Waals surface area contributed by atoms with Crippen LogP contribution in [0.4, 0.5) is 4.79 Å². The minimum Gasteiger partial charge on any atom is -0.480 e. The largest absolute Gasteiger partial charge is 0.480 e. The number of carboxylic acid groups (broad SMARTS) is 1. The number of thioether (sulfide) groups is 1. The first-order valence-corrected chi connectivity index (χ1v) is 7.29. The molecule has 3 N–H and O–H groups in total. The normalized spacial score (nSPS) is 16.3. The highest BCUT2D eigenvalue weighted by molar-refractivity contribution is 7.98. The lowest BCUT2D eigenvalue weighted by Gasteiger charge is -2.14. The van der Waals surface area contributed by atoms with Crippen molar-refractivity contribution in [3.05, 3.63) is 0 Å². The SMILES string of the molecule is CSCC[C@@H](NC(=O)NCCC1CC1)C(=O)O. The summed E-state index contributed by atoms with van der Waals surface area (Å²) in [6, 6.07) is -1.16. The van der Waals surface area contributed by atoms with Crippen molar-refractivity contribution in [3.8, 4) is 0 Å². The third-order valence-corrected chi connectivity index (χ3v) is 3.39. The van der Waals surface area contributed by atoms with E-state index in [1.165, 1.54) is 12.8 Å². The number of urea groups is 1. The van der Waals surface area contributed by atoms with Gasteiger partial charge in [-0.2, -0.15) is 11.8 Å². The van der Waals surface area contributed by atoms with E-state index < -0.39 is 12.0 Å². The number of nitrogens with one attached hydrogen (secondary N) is 2. The Kier molecular flexibility index (Phi) is 6.18. The quantitative estimate of drug-likeness (QED) is 0.614. The molecule has 0 heterocycles. The van der Waals surface area contributed by atoms with E-state index in [1.54, 1.807) is 11.8 Å². The van der Waals surface area contributed by atoms with Crippen LogP contribution in [0.1, 0.15) is 25.7 Å². The van der Waals surface area contributed by atoms with Gasteiger partial charge in [-0.1, -0.05) is 12.8 Å². The van der Waals surface area contributed by atoms with E-state index in [0.717, 1.165) is 18.1 Å². The number of aliphatic carboxylic acids is 1. The predicted molar refractivity (Wildman–Crippen MR) is 68.3 cm³/mol. The molecule has 0 unspecified atom stereocenters. The minimum absolute atomic E-state index is 0.376. The van der Waals surface area contributed by atoms with Crippen LogP contribution in [0.5, 0.6) is 0 Å². The topological polar surface area (TPSA) is 78.4 Å². The molecule has 2 amide bonds. The Labute approximate surface area is 106 Å². The van der Waals surface area contributed by atoms with Crippen LogP contribution in [0.3, 0.4) is 0 Å². The molecular weight excluding hydrogens is 240 g/mol. The summed E-state index contributed by atoms with van der Waals surface area (Å²) in [4.78, 5) is 22.3. The van der Waals surface area contributed by atoms with Crippen LogP contribution >= 0.6 is 11.8 Å². The average Bonchev–Trinajstić information content (AvgIpc) is 3.07. The highest BCUT2D eigenvalue weighted by atomic mass is 32.2. The van der Waals surface area contributed by atoms with Gasteiger partial charge in [-0.25, -0.2) is 9.59 Å². The first-order valence-electron chi connectivity index (χ1n) is 5.89. The number of hydrogen-bond donors (Lipinski definition) is 3. The molecule has 98 valence electrons. The number of amides is 2. The van der Waals surface area contributed by atoms with Crippen molar-refractivity contribution >= 4 is 23.8 Å². The Morgan fingerprint density at radius 3 is 2.71 bits per heavy atom. The highest BCUT2D eigenvalue weighted by Gasteiger charge is 2.22. The number of rotatable bonds is 8. The molecule has 1 saturated carbocycles. The van der Waals surface area contributed by atoms with Gasteiger partial charge < -0.3 is 15.7 Å². The van der Waals surface area contributed by atoms with Crippen LogP contribution in [0.2, 0.25) is 0 Å². The lowest BCUT2D eigenvalue weighted by atomic mass is 10.2. The van der Waals surface area contributed by atoms with E-state index in [9.17, 15) is 9.59 Å². The zero-order valence-corrected chi connectivity index (χ0v) is 10.9. The summed E-state index contributed by atoms with van der Waals surface area (Å²) >= 11 is 1.57. The molecule has 1 atom stereocenters. The maximum atomic E-state index is 11.4. The fourth-order valence-corrected chi connectivity index (χ4v) is 1.97. The maximum Gasteiger partial charge on any atom is 0.326 e. The molecule has 1 aliphatic carbocycles. The van der Waals surface area contributed by atoms with Gasteiger partial charge in [0.2, 0.25) is 0 Å². The first kappa shape index (κ1) is 14.2. The van der Waals surface area contributed by atoms with E-state index in [0.29, 0.717) is 13.0 Å². The van der Waals surface area contributed by atoms with E-state index in [2.05, 4.69) is 10.6 Å². The number of carbonyl (C=O) groups excluding carboxylic acids is 1. The van der Waals surface area contributed by atoms with Crippen LogP contribution in [0, 0.1) is 5.92 Å². The molecule has 5 nitrogen and oxygen atoms in total. The fourth-order valence-electron chi connectivity index (χ4n) is 1.50. The second-order valence-electron chi connectivity index (χ2n) is 4.30. The Morgan fingerprint density at radius 1 is 1.47 bits per heavy atom. The summed E-state index contributed by atoms with van der Waals surface area (Å²) in [6.45, 7) is 0.630. The molecule has 0 aromatic rings. The molecule has 0 saturated heterocycles. The molecule has 0 aromatic heterocycles. The molecule has 0 spiro atoms. The Balaban J connectivity index is 2.16. The third kappa shape index (κ3) is 6.41. The monoisotopic (exact) mass is 260 g/mol. The van der Waals surface area contributed by atoms with Gasteiger partial charge in [-0.3, -0.25) is 0 Å². The lowest BCUT2D eigenvalue weighted by Crippen LogP contribution is -2.46. The van der Waals surface area contributed by atoms with E-state index in [4.69, 9.17) is 5.11 Å². The van der Waals surface area contributed by atoms with Gasteiger partial charge in [0, 0.05) is 6.54 Å². The summed E-state index contributed by atoms with van der Waals surface area (Å²) in [5, 5.41) is 14.1. The van der Waals surface area contributed by atoms with Gasteiger partial charge in [0.1, 0.15) is 6.04 Å². The molecule has 1 rings (SSSR count). The van der Waals surface area contributed by atoms with Crippen molar-refractivity contribution in [2.75, 3.05) is 18.6 Å². The second kappa shape index (κ2) is 7.42. The molecule has 1 aliphatic rings. The van der Waals surface area contributed by atoms with Crippen LogP contribution in [0.25, 0.3) is 0 Å². The molecule has 0 bridgehead atoms. The van der Waals surface area contributed by atoms with E-state index >= 15 is 0 Å². The van der Waals surface area contributed by atoms with E-state index in [-0.39, 0.29) is 6.03 Å². The zero-order valence-electron chi connectivity index (χ0n) is 10.1. The summed E-state index contributed by atoms with van der Waals surface area (Å²) < 4.78 is 0. The van der Waals surface area contributed by atoms with Crippen LogP contribution in [0.15, 0.2) is 0 Å². The fraction of sp³-hybridized carbons (Fsp3) is 0.818. The van der Waals surface area contributed by atoms with Crippen molar-refractivity contribution in [2.24, 2.45) is 5.92 Å². The Bertz CT molecular complexity index is 269. The lowest BCUT2D eigenvalue weighted by molar-refractivity contribution is -0.139. The molecule has 0 aliphatic heterocycles. The van der Waals surface area contributed by atoms with Crippen molar-refractivity contribution in [2.45, 2.75) is 31.7 Å². The number of carbonyl (C=O) groups is 2. The summed E-state index contributed by atoms with van der Waals surface area (Å²) in [5.41, 5.74) is 0. The standard InChI is InChI=1S/C11H20N2O3S/c1-17-7-5-9(10(14)15)13-11(16)12-6-4-8-2-3-8/h8-9H,2-7H2,1H3,(H,14,15)(H2,12,13,16)/t9-/m1/s1. The Hall–Kier alpha value is -0.910. The van der Waals surface area contributed by atoms with Gasteiger partial charge in [-0.05, 0) is 30.8 Å². The molecule has 6 heteroatoms. The van der Waals surface area contributed by atoms with Crippen LogP contribution < -0.4 is 10.6 Å². The van der Waals surface area contributed by atoms with Crippen molar-refractivity contribution in [1.29, 1.82) is 0 Å². The smallest absolute Gasteiger partial charge is 0.326 e. The van der Waals surface area contributed by atoms with Crippen molar-refractivity contribution in [3.63, 3.8) is 0 Å². The molecule has 0 radical (unpaired) electrons. The van der Waals surface area contributed by atoms with Crippen LogP contribution in [-0.4, -0.2) is 41.7 Å². The minimum atomic E-state index is -0.976. The Morgan fingerprint density at radius 2 is 2.18 bits per heavy atom. The van der Waals surface area contributed by atoms with Crippen molar-refractivity contribution < 1.29 is 14.7 Å². The van der Waals surface area contributed by atoms with Gasteiger partial charge in [-0.15, -0.1) is 0 Å². The molecular formula is C11H20N2O3S. The zero-order chi connectivity index (χ0) is 12.7. The first-order chi connectivity index (χ1) is 8.13. The summed E-state index contributed by atoms with van der Waals surface area (Å²) in [7, 11) is 0. The molecule has 1 fully saturated rings. The second-order valence-corrected chi connectivity index (χ2v) is 5.29. The predicted octanol–water partition coefficient (Wildman–Crippen LogP) is 1.29. The van der Waals surface area contributed by atoms with Gasteiger partial charge >= 0.3 is 12.0 Å². The number of hydrogen-bond acceptors (Lipinski definition) is 3. The summed E-state index contributed by atoms with van der Waals surface area (Å²) in [6.07, 6.45) is 5.88. The molecule has 17 heavy (non-hydrogen) atoms. The summed E-state index contributed by atoms with van der Waals surface area (Å²) in [5.74, 6) is 0.512. The molecule has 0 aromatic carbocycles. The average molecular weight is 260 g/mol. The van der Waals surface area contributed by atoms with Gasteiger partial charge in [0.25, 0.3) is 0 Å².